The molecule has 0 amide bonds. The van der Waals surface area contributed by atoms with Gasteiger partial charge in [0.1, 0.15) is 0 Å². The molecule has 0 saturated heterocycles. The van der Waals surface area contributed by atoms with Crippen molar-refractivity contribution in [1.82, 2.24) is 0 Å². The Morgan fingerprint density at radius 1 is 0.727 bits per heavy atom. The van der Waals surface area contributed by atoms with Gasteiger partial charge in [-0.3, -0.25) is 0 Å². The predicted octanol–water partition coefficient (Wildman–Crippen LogP) is 6.49. The van der Waals surface area contributed by atoms with E-state index in [0.717, 1.165) is 6.42 Å². The minimum absolute atomic E-state index is 1.05. The highest BCUT2D eigenvalue weighted by molar-refractivity contribution is 5.33. The molecule has 0 aliphatic rings. The van der Waals surface area contributed by atoms with Gasteiger partial charge in [0.05, 0.1) is 0 Å². The molecule has 0 atom stereocenters. The Hall–Kier alpha value is -1.56. The van der Waals surface area contributed by atoms with Crippen LogP contribution in [0.25, 0.3) is 0 Å². The molecule has 0 aromatic heterocycles. The first-order chi connectivity index (χ1) is 10.8. The summed E-state index contributed by atoms with van der Waals surface area (Å²) in [7, 11) is 0. The van der Waals surface area contributed by atoms with Crippen LogP contribution in [0.2, 0.25) is 0 Å². The smallest absolute Gasteiger partial charge is 0.00230 e. The van der Waals surface area contributed by atoms with Gasteiger partial charge in [0, 0.05) is 0 Å². The lowest BCUT2D eigenvalue weighted by Gasteiger charge is -2.08. The lowest BCUT2D eigenvalue weighted by molar-refractivity contribution is 0.607. The largest absolute Gasteiger partial charge is 0.0654 e. The number of hydrogen-bond acceptors (Lipinski definition) is 0. The number of benzene rings is 2. The summed E-state index contributed by atoms with van der Waals surface area (Å²) in [5.74, 6) is 0. The van der Waals surface area contributed by atoms with E-state index < -0.39 is 0 Å². The molecule has 22 heavy (non-hydrogen) atoms. The summed E-state index contributed by atoms with van der Waals surface area (Å²) in [4.78, 5) is 0. The first-order valence-electron chi connectivity index (χ1n) is 8.92. The number of unbranched alkanes of at least 4 members (excludes halogenated alkanes) is 5. The first kappa shape index (κ1) is 16.8. The number of rotatable bonds is 9. The quantitative estimate of drug-likeness (QED) is 0.464. The minimum Gasteiger partial charge on any atom is -0.0654 e. The van der Waals surface area contributed by atoms with E-state index in [2.05, 4.69) is 62.4 Å². The van der Waals surface area contributed by atoms with Crippen LogP contribution in [0.15, 0.2) is 48.5 Å². The molecule has 0 radical (unpaired) electrons. The Morgan fingerprint density at radius 2 is 1.45 bits per heavy atom. The number of aryl methyl sites for hydroxylation is 2. The zero-order valence-corrected chi connectivity index (χ0v) is 14.3. The van der Waals surface area contributed by atoms with Crippen LogP contribution in [0.3, 0.4) is 0 Å². The van der Waals surface area contributed by atoms with Gasteiger partial charge in [-0.15, -0.1) is 0 Å². The highest BCUT2D eigenvalue weighted by atomic mass is 14.1. The first-order valence-corrected chi connectivity index (χ1v) is 8.92. The van der Waals surface area contributed by atoms with Crippen molar-refractivity contribution < 1.29 is 0 Å². The molecule has 2 rings (SSSR count). The lowest BCUT2D eigenvalue weighted by Crippen LogP contribution is -1.93. The third-order valence-corrected chi connectivity index (χ3v) is 4.47. The van der Waals surface area contributed by atoms with Crippen molar-refractivity contribution in [3.8, 4) is 0 Å². The van der Waals surface area contributed by atoms with Gasteiger partial charge in [0.15, 0.2) is 0 Å². The van der Waals surface area contributed by atoms with Crippen LogP contribution in [-0.2, 0) is 12.8 Å². The van der Waals surface area contributed by atoms with Crippen molar-refractivity contribution in [3.05, 3.63) is 70.8 Å². The zero-order chi connectivity index (χ0) is 15.6. The summed E-state index contributed by atoms with van der Waals surface area (Å²) < 4.78 is 0. The molecule has 0 nitrogen and oxygen atoms in total. The van der Waals surface area contributed by atoms with Crippen molar-refractivity contribution in [1.29, 1.82) is 0 Å². The maximum Gasteiger partial charge on any atom is -0.00230 e. The molecule has 0 heteroatoms. The fourth-order valence-corrected chi connectivity index (χ4v) is 3.03. The third-order valence-electron chi connectivity index (χ3n) is 4.47. The molecule has 0 unspecified atom stereocenters. The Labute approximate surface area is 136 Å². The zero-order valence-electron chi connectivity index (χ0n) is 14.3. The van der Waals surface area contributed by atoms with Crippen LogP contribution in [0.4, 0.5) is 0 Å². The van der Waals surface area contributed by atoms with Gasteiger partial charge < -0.3 is 0 Å². The fourth-order valence-electron chi connectivity index (χ4n) is 3.03. The van der Waals surface area contributed by atoms with Gasteiger partial charge >= 0.3 is 0 Å². The van der Waals surface area contributed by atoms with Gasteiger partial charge in [0.25, 0.3) is 0 Å². The van der Waals surface area contributed by atoms with Crippen LogP contribution in [0.1, 0.15) is 67.7 Å². The Kier molecular flexibility index (Phi) is 7.22. The minimum atomic E-state index is 1.05. The van der Waals surface area contributed by atoms with Crippen LogP contribution in [-0.4, -0.2) is 0 Å². The van der Waals surface area contributed by atoms with Crippen LogP contribution in [0, 0.1) is 6.92 Å². The second-order valence-electron chi connectivity index (χ2n) is 6.44. The normalized spacial score (nSPS) is 10.8. The van der Waals surface area contributed by atoms with Crippen molar-refractivity contribution in [2.45, 2.75) is 65.2 Å². The van der Waals surface area contributed by atoms with E-state index in [0.29, 0.717) is 0 Å². The van der Waals surface area contributed by atoms with Crippen molar-refractivity contribution in [2.75, 3.05) is 0 Å². The van der Waals surface area contributed by atoms with Gasteiger partial charge in [-0.05, 0) is 48.4 Å². The Balaban J connectivity index is 1.84. The molecule has 2 aromatic rings. The molecule has 0 aliphatic carbocycles. The van der Waals surface area contributed by atoms with E-state index >= 15 is 0 Å². The van der Waals surface area contributed by atoms with Gasteiger partial charge in [-0.1, -0.05) is 87.6 Å². The van der Waals surface area contributed by atoms with Gasteiger partial charge in [-0.25, -0.2) is 0 Å². The van der Waals surface area contributed by atoms with Crippen molar-refractivity contribution in [3.63, 3.8) is 0 Å². The van der Waals surface area contributed by atoms with Crippen LogP contribution in [0.5, 0.6) is 0 Å². The summed E-state index contributed by atoms with van der Waals surface area (Å²) in [6, 6.07) is 17.9. The monoisotopic (exact) mass is 294 g/mol. The summed E-state index contributed by atoms with van der Waals surface area (Å²) >= 11 is 0. The van der Waals surface area contributed by atoms with E-state index in [9.17, 15) is 0 Å². The molecule has 2 aromatic carbocycles. The van der Waals surface area contributed by atoms with E-state index in [1.165, 1.54) is 67.2 Å². The molecule has 0 heterocycles. The highest BCUT2D eigenvalue weighted by Gasteiger charge is 2.01. The van der Waals surface area contributed by atoms with E-state index in [-0.39, 0.29) is 0 Å². The third kappa shape index (κ3) is 5.67. The van der Waals surface area contributed by atoms with E-state index in [1.54, 1.807) is 0 Å². The van der Waals surface area contributed by atoms with Crippen LogP contribution < -0.4 is 0 Å². The molecular formula is C22H30. The maximum atomic E-state index is 2.40. The lowest BCUT2D eigenvalue weighted by atomic mass is 9.97. The Morgan fingerprint density at radius 3 is 2.27 bits per heavy atom. The van der Waals surface area contributed by atoms with E-state index in [4.69, 9.17) is 0 Å². The second kappa shape index (κ2) is 9.46. The predicted molar refractivity (Wildman–Crippen MR) is 97.5 cm³/mol. The highest BCUT2D eigenvalue weighted by Crippen LogP contribution is 2.16. The maximum absolute atomic E-state index is 2.40. The standard InChI is InChI=1S/C22H30/c1-3-4-5-6-7-8-13-20-14-11-15-21(17-20)18-22-16-10-9-12-19(22)2/h9-12,14-17H,3-8,13,18H2,1-2H3. The van der Waals surface area contributed by atoms with Gasteiger partial charge in [0.2, 0.25) is 0 Å². The topological polar surface area (TPSA) is 0 Å². The fraction of sp³-hybridized carbons (Fsp3) is 0.455. The molecule has 118 valence electrons. The summed E-state index contributed by atoms with van der Waals surface area (Å²) in [6.45, 7) is 4.48. The molecule has 0 N–H and O–H groups in total. The van der Waals surface area contributed by atoms with Crippen molar-refractivity contribution >= 4 is 0 Å². The second-order valence-corrected chi connectivity index (χ2v) is 6.44. The average Bonchev–Trinajstić information content (AvgIpc) is 2.53. The molecule has 0 bridgehead atoms. The number of hydrogen-bond donors (Lipinski definition) is 0. The summed E-state index contributed by atoms with van der Waals surface area (Å²) in [5, 5.41) is 0. The molecule has 0 spiro atoms. The van der Waals surface area contributed by atoms with E-state index in [1.807, 2.05) is 0 Å². The molecule has 0 saturated carbocycles. The summed E-state index contributed by atoms with van der Waals surface area (Å²) in [5.41, 5.74) is 5.78. The molecular weight excluding hydrogens is 264 g/mol. The molecule has 0 aliphatic heterocycles. The average molecular weight is 294 g/mol. The summed E-state index contributed by atoms with van der Waals surface area (Å²) in [6.07, 6.45) is 10.5. The molecule has 0 fully saturated rings. The van der Waals surface area contributed by atoms with Crippen LogP contribution >= 0.6 is 0 Å². The van der Waals surface area contributed by atoms with Gasteiger partial charge in [-0.2, -0.15) is 0 Å². The van der Waals surface area contributed by atoms with Crippen molar-refractivity contribution in [2.24, 2.45) is 0 Å². The Bertz CT molecular complexity index is 553. The SMILES string of the molecule is CCCCCCCCc1cccc(Cc2ccccc2C)c1.